The van der Waals surface area contributed by atoms with E-state index in [1.165, 1.54) is 0 Å². The molecule has 0 saturated carbocycles. The van der Waals surface area contributed by atoms with Crippen LogP contribution in [0.25, 0.3) is 22.5 Å². The van der Waals surface area contributed by atoms with E-state index in [-0.39, 0.29) is 0 Å². The number of benzene rings is 2. The molecule has 1 aromatic heterocycles. The normalized spacial score (nSPS) is 10.5. The SMILES string of the molecule is COc1cc(OC)cc(-c2cc(C)c(=O)oc2-c2ccc(OC)c(OC)c2)c1. The first-order valence-corrected chi connectivity index (χ1v) is 8.61. The van der Waals surface area contributed by atoms with E-state index in [2.05, 4.69) is 0 Å². The van der Waals surface area contributed by atoms with Crippen molar-refractivity contribution in [3.63, 3.8) is 0 Å². The third kappa shape index (κ3) is 3.67. The van der Waals surface area contributed by atoms with Gasteiger partial charge in [-0.3, -0.25) is 0 Å². The van der Waals surface area contributed by atoms with Crippen molar-refractivity contribution in [2.24, 2.45) is 0 Å². The summed E-state index contributed by atoms with van der Waals surface area (Å²) >= 11 is 0. The van der Waals surface area contributed by atoms with Crippen molar-refractivity contribution in [1.29, 1.82) is 0 Å². The van der Waals surface area contributed by atoms with Gasteiger partial charge in [0, 0.05) is 22.8 Å². The lowest BCUT2D eigenvalue weighted by atomic mass is 9.98. The summed E-state index contributed by atoms with van der Waals surface area (Å²) in [6.07, 6.45) is 0. The quantitative estimate of drug-likeness (QED) is 0.633. The van der Waals surface area contributed by atoms with Crippen LogP contribution >= 0.6 is 0 Å². The highest BCUT2D eigenvalue weighted by Gasteiger charge is 2.17. The van der Waals surface area contributed by atoms with Gasteiger partial charge in [0.1, 0.15) is 17.3 Å². The molecule has 0 N–H and O–H groups in total. The first kappa shape index (κ1) is 19.4. The predicted octanol–water partition coefficient (Wildman–Crippen LogP) is 4.32. The molecule has 0 aliphatic heterocycles. The molecule has 1 heterocycles. The Kier molecular flexibility index (Phi) is 5.59. The van der Waals surface area contributed by atoms with E-state index in [9.17, 15) is 4.79 Å². The van der Waals surface area contributed by atoms with E-state index in [0.717, 1.165) is 11.1 Å². The number of hydrogen-bond acceptors (Lipinski definition) is 6. The van der Waals surface area contributed by atoms with Gasteiger partial charge in [-0.25, -0.2) is 4.79 Å². The second-order valence-electron chi connectivity index (χ2n) is 6.13. The Bertz CT molecular complexity index is 1030. The molecule has 0 radical (unpaired) electrons. The van der Waals surface area contributed by atoms with Crippen LogP contribution in [0, 0.1) is 6.92 Å². The fourth-order valence-electron chi connectivity index (χ4n) is 2.94. The van der Waals surface area contributed by atoms with E-state index < -0.39 is 5.63 Å². The molecular formula is C22H22O6. The molecule has 0 amide bonds. The van der Waals surface area contributed by atoms with Crippen molar-refractivity contribution < 1.29 is 23.4 Å². The molecule has 0 fully saturated rings. The molecule has 0 atom stereocenters. The van der Waals surface area contributed by atoms with E-state index in [4.69, 9.17) is 23.4 Å². The minimum absolute atomic E-state index is 0.400. The maximum Gasteiger partial charge on any atom is 0.339 e. The molecule has 3 aromatic rings. The topological polar surface area (TPSA) is 67.1 Å². The molecule has 6 heteroatoms. The predicted molar refractivity (Wildman–Crippen MR) is 107 cm³/mol. The molecule has 2 aromatic carbocycles. The van der Waals surface area contributed by atoms with Crippen LogP contribution in [0.3, 0.4) is 0 Å². The van der Waals surface area contributed by atoms with Crippen molar-refractivity contribution in [3.8, 4) is 45.4 Å². The summed E-state index contributed by atoms with van der Waals surface area (Å²) in [5.74, 6) is 2.82. The van der Waals surface area contributed by atoms with E-state index in [0.29, 0.717) is 39.9 Å². The van der Waals surface area contributed by atoms with Crippen LogP contribution < -0.4 is 24.6 Å². The number of hydrogen-bond donors (Lipinski definition) is 0. The maximum atomic E-state index is 12.2. The summed E-state index contributed by atoms with van der Waals surface area (Å²) in [4.78, 5) is 12.2. The third-order valence-corrected chi connectivity index (χ3v) is 4.43. The van der Waals surface area contributed by atoms with Gasteiger partial charge in [-0.05, 0) is 48.9 Å². The van der Waals surface area contributed by atoms with Crippen LogP contribution in [0.5, 0.6) is 23.0 Å². The van der Waals surface area contributed by atoms with Crippen molar-refractivity contribution in [1.82, 2.24) is 0 Å². The molecule has 28 heavy (non-hydrogen) atoms. The van der Waals surface area contributed by atoms with Gasteiger partial charge in [0.25, 0.3) is 0 Å². The zero-order valence-corrected chi connectivity index (χ0v) is 16.5. The third-order valence-electron chi connectivity index (χ3n) is 4.43. The monoisotopic (exact) mass is 382 g/mol. The van der Waals surface area contributed by atoms with E-state index in [1.807, 2.05) is 18.2 Å². The van der Waals surface area contributed by atoms with Gasteiger partial charge in [0.15, 0.2) is 11.5 Å². The van der Waals surface area contributed by atoms with E-state index >= 15 is 0 Å². The number of aryl methyl sites for hydroxylation is 1. The summed E-state index contributed by atoms with van der Waals surface area (Å²) in [6.45, 7) is 1.71. The highest BCUT2D eigenvalue weighted by molar-refractivity contribution is 5.82. The van der Waals surface area contributed by atoms with Gasteiger partial charge in [-0.15, -0.1) is 0 Å². The fraction of sp³-hybridized carbons (Fsp3) is 0.227. The molecule has 0 saturated heterocycles. The number of ether oxygens (including phenoxy) is 4. The Balaban J connectivity index is 2.27. The Morgan fingerprint density at radius 2 is 1.36 bits per heavy atom. The van der Waals surface area contributed by atoms with E-state index in [1.54, 1.807) is 59.6 Å². The molecule has 3 rings (SSSR count). The summed E-state index contributed by atoms with van der Waals surface area (Å²) in [7, 11) is 6.30. The average Bonchev–Trinajstić information content (AvgIpc) is 2.74. The lowest BCUT2D eigenvalue weighted by Crippen LogP contribution is -2.05. The van der Waals surface area contributed by atoms with Crippen molar-refractivity contribution in [2.45, 2.75) is 6.92 Å². The average molecular weight is 382 g/mol. The van der Waals surface area contributed by atoms with Gasteiger partial charge in [0.05, 0.1) is 28.4 Å². The molecule has 0 aliphatic rings. The van der Waals surface area contributed by atoms with Crippen LogP contribution in [0.15, 0.2) is 51.7 Å². The molecule has 0 unspecified atom stereocenters. The van der Waals surface area contributed by atoms with Gasteiger partial charge in [0.2, 0.25) is 0 Å². The minimum Gasteiger partial charge on any atom is -0.497 e. The molecule has 146 valence electrons. The largest absolute Gasteiger partial charge is 0.497 e. The Morgan fingerprint density at radius 1 is 0.714 bits per heavy atom. The van der Waals surface area contributed by atoms with Gasteiger partial charge in [-0.1, -0.05) is 0 Å². The Morgan fingerprint density at radius 3 is 1.93 bits per heavy atom. The first-order valence-electron chi connectivity index (χ1n) is 8.61. The molecule has 6 nitrogen and oxygen atoms in total. The highest BCUT2D eigenvalue weighted by atomic mass is 16.5. The van der Waals surface area contributed by atoms with Gasteiger partial charge in [-0.2, -0.15) is 0 Å². The highest BCUT2D eigenvalue weighted by Crippen LogP contribution is 2.39. The maximum absolute atomic E-state index is 12.2. The van der Waals surface area contributed by atoms with Crippen molar-refractivity contribution >= 4 is 0 Å². The van der Waals surface area contributed by atoms with Crippen molar-refractivity contribution in [3.05, 3.63) is 58.4 Å². The first-order chi connectivity index (χ1) is 13.5. The van der Waals surface area contributed by atoms with Crippen LogP contribution in [-0.4, -0.2) is 28.4 Å². The van der Waals surface area contributed by atoms with Crippen LogP contribution in [0.2, 0.25) is 0 Å². The van der Waals surface area contributed by atoms with Crippen molar-refractivity contribution in [2.75, 3.05) is 28.4 Å². The summed E-state index contributed by atoms with van der Waals surface area (Å²) in [5, 5.41) is 0. The zero-order valence-electron chi connectivity index (χ0n) is 16.5. The summed E-state index contributed by atoms with van der Waals surface area (Å²) in [6, 6.07) is 12.7. The zero-order chi connectivity index (χ0) is 20.3. The second-order valence-corrected chi connectivity index (χ2v) is 6.13. The van der Waals surface area contributed by atoms with Crippen LogP contribution in [0.1, 0.15) is 5.56 Å². The summed E-state index contributed by atoms with van der Waals surface area (Å²) in [5.41, 5.74) is 2.32. The van der Waals surface area contributed by atoms with Gasteiger partial charge >= 0.3 is 5.63 Å². The summed E-state index contributed by atoms with van der Waals surface area (Å²) < 4.78 is 27.1. The fourth-order valence-corrected chi connectivity index (χ4v) is 2.94. The smallest absolute Gasteiger partial charge is 0.339 e. The minimum atomic E-state index is -0.400. The Hall–Kier alpha value is -3.41. The van der Waals surface area contributed by atoms with Crippen LogP contribution in [0.4, 0.5) is 0 Å². The lowest BCUT2D eigenvalue weighted by molar-refractivity contribution is 0.355. The molecular weight excluding hydrogens is 360 g/mol. The van der Waals surface area contributed by atoms with Crippen LogP contribution in [-0.2, 0) is 0 Å². The molecule has 0 bridgehead atoms. The number of rotatable bonds is 6. The molecule has 0 spiro atoms. The van der Waals surface area contributed by atoms with Gasteiger partial charge < -0.3 is 23.4 Å². The lowest BCUT2D eigenvalue weighted by Gasteiger charge is -2.14. The standard InChI is InChI=1S/C22H22O6/c1-13-8-18(15-9-16(24-2)12-17(10-15)25-3)21(28-22(13)23)14-6-7-19(26-4)20(11-14)27-5/h6-12H,1-5H3. The Labute approximate surface area is 163 Å². The second kappa shape index (κ2) is 8.08. The molecule has 0 aliphatic carbocycles. The number of methoxy groups -OCH3 is 4.